The third-order valence-corrected chi connectivity index (χ3v) is 2.86. The van der Waals surface area contributed by atoms with Crippen molar-refractivity contribution in [1.82, 2.24) is 20.2 Å². The molecule has 0 aliphatic carbocycles. The molecule has 5 nitrogen and oxygen atoms in total. The maximum atomic E-state index is 13.4. The molecule has 0 spiro atoms. The highest BCUT2D eigenvalue weighted by Crippen LogP contribution is 2.51. The first-order chi connectivity index (χ1) is 10.1. The highest BCUT2D eigenvalue weighted by atomic mass is 19.4. The number of hydrogen-bond donors (Lipinski definition) is 1. The number of anilines is 1. The number of hydrogen-bond acceptors (Lipinski definition) is 4. The summed E-state index contributed by atoms with van der Waals surface area (Å²) in [6.45, 7) is 0. The van der Waals surface area contributed by atoms with E-state index in [1.807, 2.05) is 0 Å². The van der Waals surface area contributed by atoms with Crippen LogP contribution in [0.1, 0.15) is 5.56 Å². The first kappa shape index (κ1) is 16.0. The summed E-state index contributed by atoms with van der Waals surface area (Å²) >= 11 is 0. The lowest BCUT2D eigenvalue weighted by Crippen LogP contribution is -2.59. The van der Waals surface area contributed by atoms with E-state index in [2.05, 4.69) is 15.4 Å². The average molecular weight is 325 g/mol. The summed E-state index contributed by atoms with van der Waals surface area (Å²) in [5.41, 5.74) is -5.37. The largest absolute Gasteiger partial charge is 0.424 e. The predicted octanol–water partition coefficient (Wildman–Crippen LogP) is 2.64. The van der Waals surface area contributed by atoms with Gasteiger partial charge in [-0.05, 0) is 10.8 Å². The molecule has 22 heavy (non-hydrogen) atoms. The molecule has 2 aromatic rings. The summed E-state index contributed by atoms with van der Waals surface area (Å²) in [6, 6.07) is 4.91. The Labute approximate surface area is 119 Å². The van der Waals surface area contributed by atoms with E-state index in [1.165, 1.54) is 18.4 Å². The SMILES string of the molecule is Cn1nnc(NC(c2ccccc2)(C(F)(F)F)C(F)(F)F)n1. The summed E-state index contributed by atoms with van der Waals surface area (Å²) < 4.78 is 80.3. The van der Waals surface area contributed by atoms with E-state index in [9.17, 15) is 26.3 Å². The fraction of sp³-hybridized carbons (Fsp3) is 0.364. The molecule has 1 aromatic heterocycles. The van der Waals surface area contributed by atoms with Crippen molar-refractivity contribution in [3.63, 3.8) is 0 Å². The molecular formula is C11H9F6N5. The van der Waals surface area contributed by atoms with Gasteiger partial charge in [0.05, 0.1) is 7.05 Å². The number of alkyl halides is 6. The maximum Gasteiger partial charge on any atom is 0.424 e. The molecule has 0 amide bonds. The molecule has 0 aliphatic rings. The van der Waals surface area contributed by atoms with Crippen LogP contribution in [0.3, 0.4) is 0 Å². The highest BCUT2D eigenvalue weighted by Gasteiger charge is 2.72. The van der Waals surface area contributed by atoms with Crippen LogP contribution in [0, 0.1) is 0 Å². The van der Waals surface area contributed by atoms with E-state index >= 15 is 0 Å². The summed E-state index contributed by atoms with van der Waals surface area (Å²) in [4.78, 5) is 0.741. The minimum Gasteiger partial charge on any atom is -0.326 e. The molecule has 0 aliphatic heterocycles. The van der Waals surface area contributed by atoms with Crippen LogP contribution < -0.4 is 5.32 Å². The van der Waals surface area contributed by atoms with Crippen molar-refractivity contribution in [2.24, 2.45) is 7.05 Å². The Kier molecular flexibility index (Phi) is 3.75. The van der Waals surface area contributed by atoms with E-state index in [0.29, 0.717) is 0 Å². The number of nitrogens with zero attached hydrogens (tertiary/aromatic N) is 4. The normalized spacial score (nSPS) is 13.2. The van der Waals surface area contributed by atoms with Crippen LogP contribution in [0.4, 0.5) is 32.3 Å². The van der Waals surface area contributed by atoms with Crippen LogP contribution in [0.25, 0.3) is 0 Å². The number of aryl methyl sites for hydroxylation is 1. The molecule has 0 saturated heterocycles. The lowest BCUT2D eigenvalue weighted by molar-refractivity contribution is -0.293. The van der Waals surface area contributed by atoms with Gasteiger partial charge in [-0.3, -0.25) is 0 Å². The number of benzene rings is 1. The lowest BCUT2D eigenvalue weighted by Gasteiger charge is -2.37. The Morgan fingerprint density at radius 3 is 1.91 bits per heavy atom. The lowest BCUT2D eigenvalue weighted by atomic mass is 9.88. The minimum absolute atomic E-state index is 0.727. The number of tetrazole rings is 1. The molecule has 1 aromatic carbocycles. The zero-order valence-corrected chi connectivity index (χ0v) is 10.9. The van der Waals surface area contributed by atoms with Crippen molar-refractivity contribution in [3.05, 3.63) is 35.9 Å². The third-order valence-electron chi connectivity index (χ3n) is 2.86. The van der Waals surface area contributed by atoms with E-state index in [4.69, 9.17) is 0 Å². The molecular weight excluding hydrogens is 316 g/mol. The van der Waals surface area contributed by atoms with Gasteiger partial charge in [-0.25, -0.2) is 0 Å². The molecule has 11 heteroatoms. The van der Waals surface area contributed by atoms with Crippen LogP contribution in [-0.2, 0) is 12.6 Å². The van der Waals surface area contributed by atoms with Gasteiger partial charge in [-0.1, -0.05) is 35.4 Å². The molecule has 0 radical (unpaired) electrons. The standard InChI is InChI=1S/C11H9F6N5/c1-22-20-8(19-21-22)18-9(10(12,13)14,11(15,16)17)7-5-3-2-4-6-7/h2-6H,1H3,(H,18,20). The van der Waals surface area contributed by atoms with Gasteiger partial charge < -0.3 is 5.32 Å². The fourth-order valence-electron chi connectivity index (χ4n) is 1.89. The molecule has 120 valence electrons. The predicted molar refractivity (Wildman–Crippen MR) is 62.7 cm³/mol. The monoisotopic (exact) mass is 325 g/mol. The third kappa shape index (κ3) is 2.57. The fourth-order valence-corrected chi connectivity index (χ4v) is 1.89. The summed E-state index contributed by atoms with van der Waals surface area (Å²) in [7, 11) is 1.21. The number of halogens is 6. The zero-order chi connectivity index (χ0) is 16.6. The smallest absolute Gasteiger partial charge is 0.326 e. The first-order valence-electron chi connectivity index (χ1n) is 5.79. The second-order valence-corrected chi connectivity index (χ2v) is 4.34. The van der Waals surface area contributed by atoms with Crippen molar-refractivity contribution < 1.29 is 26.3 Å². The Hall–Kier alpha value is -2.33. The van der Waals surface area contributed by atoms with Gasteiger partial charge in [0, 0.05) is 0 Å². The molecule has 2 rings (SSSR count). The van der Waals surface area contributed by atoms with Gasteiger partial charge in [0.2, 0.25) is 0 Å². The van der Waals surface area contributed by atoms with Crippen molar-refractivity contribution in [2.45, 2.75) is 17.9 Å². The van der Waals surface area contributed by atoms with E-state index in [-0.39, 0.29) is 0 Å². The quantitative estimate of drug-likeness (QED) is 0.882. The van der Waals surface area contributed by atoms with Crippen molar-refractivity contribution in [3.8, 4) is 0 Å². The number of aromatic nitrogens is 4. The zero-order valence-electron chi connectivity index (χ0n) is 10.9. The van der Waals surface area contributed by atoms with Crippen molar-refractivity contribution in [2.75, 3.05) is 5.32 Å². The van der Waals surface area contributed by atoms with Gasteiger partial charge >= 0.3 is 12.4 Å². The Morgan fingerprint density at radius 2 is 1.50 bits per heavy atom. The Morgan fingerprint density at radius 1 is 0.955 bits per heavy atom. The highest BCUT2D eigenvalue weighted by molar-refractivity contribution is 5.40. The van der Waals surface area contributed by atoms with Crippen LogP contribution in [-0.4, -0.2) is 32.6 Å². The van der Waals surface area contributed by atoms with Crippen LogP contribution in [0.5, 0.6) is 0 Å². The molecule has 1 N–H and O–H groups in total. The van der Waals surface area contributed by atoms with Gasteiger partial charge in [0.1, 0.15) is 0 Å². The van der Waals surface area contributed by atoms with Gasteiger partial charge in [0.15, 0.2) is 0 Å². The topological polar surface area (TPSA) is 55.6 Å². The van der Waals surface area contributed by atoms with E-state index in [0.717, 1.165) is 29.1 Å². The summed E-state index contributed by atoms with van der Waals surface area (Å²) in [5, 5.41) is 11.0. The Bertz CT molecular complexity index is 618. The maximum absolute atomic E-state index is 13.4. The van der Waals surface area contributed by atoms with E-state index in [1.54, 1.807) is 0 Å². The molecule has 1 heterocycles. The van der Waals surface area contributed by atoms with Crippen LogP contribution in [0.15, 0.2) is 30.3 Å². The van der Waals surface area contributed by atoms with Gasteiger partial charge in [-0.2, -0.15) is 31.1 Å². The van der Waals surface area contributed by atoms with Crippen molar-refractivity contribution in [1.29, 1.82) is 0 Å². The number of nitrogens with one attached hydrogen (secondary N) is 1. The second-order valence-electron chi connectivity index (χ2n) is 4.34. The molecule has 0 atom stereocenters. The van der Waals surface area contributed by atoms with Crippen LogP contribution in [0.2, 0.25) is 0 Å². The first-order valence-corrected chi connectivity index (χ1v) is 5.79. The van der Waals surface area contributed by atoms with Gasteiger partial charge in [0.25, 0.3) is 11.5 Å². The second kappa shape index (κ2) is 5.14. The summed E-state index contributed by atoms with van der Waals surface area (Å²) in [5.74, 6) is -0.888. The molecule has 0 fully saturated rings. The van der Waals surface area contributed by atoms with Crippen LogP contribution >= 0.6 is 0 Å². The molecule has 0 bridgehead atoms. The summed E-state index contributed by atoms with van der Waals surface area (Å²) in [6.07, 6.45) is -11.4. The average Bonchev–Trinajstić information content (AvgIpc) is 2.79. The molecule has 0 unspecified atom stereocenters. The van der Waals surface area contributed by atoms with Gasteiger partial charge in [-0.15, -0.1) is 5.10 Å². The number of rotatable bonds is 3. The molecule has 0 saturated carbocycles. The Balaban J connectivity index is 2.66. The van der Waals surface area contributed by atoms with E-state index < -0.39 is 29.4 Å². The minimum atomic E-state index is -5.69. The van der Waals surface area contributed by atoms with Crippen molar-refractivity contribution >= 4 is 5.95 Å².